The van der Waals surface area contributed by atoms with Gasteiger partial charge in [-0.25, -0.2) is 4.79 Å². The summed E-state index contributed by atoms with van der Waals surface area (Å²) in [4.78, 5) is 35.5. The van der Waals surface area contributed by atoms with Crippen molar-refractivity contribution in [1.82, 2.24) is 10.3 Å². The number of aliphatic hydroxyl groups excluding tert-OH is 1. The molecule has 1 heterocycles. The van der Waals surface area contributed by atoms with Crippen molar-refractivity contribution in [2.75, 3.05) is 0 Å². The topological polar surface area (TPSA) is 119 Å². The Morgan fingerprint density at radius 3 is 2.53 bits per heavy atom. The first-order chi connectivity index (χ1) is 7.91. The maximum atomic E-state index is 11.6. The van der Waals surface area contributed by atoms with Crippen molar-refractivity contribution in [3.8, 4) is 0 Å². The third-order valence-electron chi connectivity index (χ3n) is 2.05. The van der Waals surface area contributed by atoms with Crippen molar-refractivity contribution in [2.24, 2.45) is 0 Å². The van der Waals surface area contributed by atoms with Crippen LogP contribution >= 0.6 is 0 Å². The molecule has 0 aromatic carbocycles. The molecule has 2 atom stereocenters. The Balaban J connectivity index is 2.85. The number of pyridine rings is 1. The fraction of sp³-hybridized carbons (Fsp3) is 0.300. The van der Waals surface area contributed by atoms with Crippen molar-refractivity contribution in [3.05, 3.63) is 34.2 Å². The predicted octanol–water partition coefficient (Wildman–Crippen LogP) is -1.06. The molecule has 1 aromatic rings. The molecular weight excluding hydrogens is 228 g/mol. The molecule has 0 aliphatic rings. The van der Waals surface area contributed by atoms with Crippen LogP contribution in [0.25, 0.3) is 0 Å². The molecule has 1 rings (SSSR count). The molecule has 4 N–H and O–H groups in total. The van der Waals surface area contributed by atoms with Gasteiger partial charge in [0, 0.05) is 6.07 Å². The SMILES string of the molecule is CC(O)C(NC(=O)c1cccc(=O)[nH]1)C(=O)O. The van der Waals surface area contributed by atoms with Crippen LogP contribution in [0.5, 0.6) is 0 Å². The summed E-state index contributed by atoms with van der Waals surface area (Å²) in [6.07, 6.45) is -1.24. The van der Waals surface area contributed by atoms with E-state index in [4.69, 9.17) is 10.2 Å². The highest BCUT2D eigenvalue weighted by Crippen LogP contribution is 1.97. The molecule has 0 saturated heterocycles. The van der Waals surface area contributed by atoms with Gasteiger partial charge in [-0.1, -0.05) is 6.07 Å². The number of carboxylic acids is 1. The van der Waals surface area contributed by atoms with Gasteiger partial charge in [-0.3, -0.25) is 9.59 Å². The number of nitrogens with one attached hydrogen (secondary N) is 2. The number of rotatable bonds is 4. The van der Waals surface area contributed by atoms with Gasteiger partial charge in [-0.2, -0.15) is 0 Å². The molecule has 0 saturated carbocycles. The van der Waals surface area contributed by atoms with E-state index in [1.165, 1.54) is 25.1 Å². The second kappa shape index (κ2) is 5.26. The highest BCUT2D eigenvalue weighted by molar-refractivity contribution is 5.95. The van der Waals surface area contributed by atoms with E-state index >= 15 is 0 Å². The standard InChI is InChI=1S/C10H12N2O5/c1-5(13)8(10(16)17)12-9(15)6-3-2-4-7(14)11-6/h2-5,8,13H,1H3,(H,11,14)(H,12,15)(H,16,17). The first-order valence-electron chi connectivity index (χ1n) is 4.83. The number of hydrogen-bond acceptors (Lipinski definition) is 4. The molecule has 0 bridgehead atoms. The van der Waals surface area contributed by atoms with Crippen LogP contribution < -0.4 is 10.9 Å². The zero-order valence-electron chi connectivity index (χ0n) is 9.01. The van der Waals surface area contributed by atoms with Crippen molar-refractivity contribution in [2.45, 2.75) is 19.1 Å². The lowest BCUT2D eigenvalue weighted by Crippen LogP contribution is -2.48. The second-order valence-electron chi connectivity index (χ2n) is 3.46. The van der Waals surface area contributed by atoms with Crippen LogP contribution in [0.2, 0.25) is 0 Å². The average Bonchev–Trinajstić information content (AvgIpc) is 2.24. The molecule has 7 nitrogen and oxygen atoms in total. The number of carbonyl (C=O) groups excluding carboxylic acids is 1. The Morgan fingerprint density at radius 1 is 1.41 bits per heavy atom. The van der Waals surface area contributed by atoms with Gasteiger partial charge >= 0.3 is 5.97 Å². The van der Waals surface area contributed by atoms with Crippen LogP contribution in [0.4, 0.5) is 0 Å². The number of aromatic nitrogens is 1. The van der Waals surface area contributed by atoms with Crippen LogP contribution in [-0.4, -0.2) is 39.2 Å². The molecule has 92 valence electrons. The predicted molar refractivity (Wildman–Crippen MR) is 57.6 cm³/mol. The van der Waals surface area contributed by atoms with Gasteiger partial charge in [0.15, 0.2) is 6.04 Å². The summed E-state index contributed by atoms with van der Waals surface area (Å²) in [5, 5.41) is 20.0. The minimum absolute atomic E-state index is 0.0654. The van der Waals surface area contributed by atoms with Gasteiger partial charge in [0.25, 0.3) is 5.91 Å². The number of carbonyl (C=O) groups is 2. The zero-order chi connectivity index (χ0) is 13.0. The fourth-order valence-corrected chi connectivity index (χ4v) is 1.19. The van der Waals surface area contributed by atoms with E-state index < -0.39 is 29.6 Å². The Morgan fingerprint density at radius 2 is 2.06 bits per heavy atom. The van der Waals surface area contributed by atoms with E-state index in [9.17, 15) is 14.4 Å². The largest absolute Gasteiger partial charge is 0.480 e. The van der Waals surface area contributed by atoms with Crippen molar-refractivity contribution < 1.29 is 19.8 Å². The van der Waals surface area contributed by atoms with Gasteiger partial charge in [0.1, 0.15) is 5.69 Å². The number of aliphatic hydroxyl groups is 1. The highest BCUT2D eigenvalue weighted by atomic mass is 16.4. The van der Waals surface area contributed by atoms with Crippen molar-refractivity contribution in [3.63, 3.8) is 0 Å². The van der Waals surface area contributed by atoms with E-state index in [0.29, 0.717) is 0 Å². The normalized spacial score (nSPS) is 13.8. The summed E-state index contributed by atoms with van der Waals surface area (Å²) in [7, 11) is 0. The molecule has 0 aliphatic heterocycles. The third kappa shape index (κ3) is 3.42. The number of H-pyrrole nitrogens is 1. The van der Waals surface area contributed by atoms with Gasteiger partial charge in [0.05, 0.1) is 6.10 Å². The monoisotopic (exact) mass is 240 g/mol. The minimum atomic E-state index is -1.42. The molecule has 1 aromatic heterocycles. The van der Waals surface area contributed by atoms with Crippen LogP contribution in [0, 0.1) is 0 Å². The van der Waals surface area contributed by atoms with E-state index in [1.807, 2.05) is 0 Å². The molecule has 1 amide bonds. The summed E-state index contributed by atoms with van der Waals surface area (Å²) in [5.74, 6) is -2.12. The molecule has 17 heavy (non-hydrogen) atoms. The van der Waals surface area contributed by atoms with Gasteiger partial charge in [-0.15, -0.1) is 0 Å². The Kier molecular flexibility index (Phi) is 4.00. The van der Waals surface area contributed by atoms with E-state index in [1.54, 1.807) is 0 Å². The van der Waals surface area contributed by atoms with E-state index in [0.717, 1.165) is 0 Å². The summed E-state index contributed by atoms with van der Waals surface area (Å²) in [6, 6.07) is 2.50. The van der Waals surface area contributed by atoms with Crippen LogP contribution in [0.1, 0.15) is 17.4 Å². The van der Waals surface area contributed by atoms with Gasteiger partial charge in [-0.05, 0) is 13.0 Å². The lowest BCUT2D eigenvalue weighted by molar-refractivity contribution is -0.141. The van der Waals surface area contributed by atoms with Crippen LogP contribution in [-0.2, 0) is 4.79 Å². The van der Waals surface area contributed by atoms with Gasteiger partial charge in [0.2, 0.25) is 5.56 Å². The lowest BCUT2D eigenvalue weighted by atomic mass is 10.2. The Hall–Kier alpha value is -2.15. The van der Waals surface area contributed by atoms with E-state index in [2.05, 4.69) is 10.3 Å². The zero-order valence-corrected chi connectivity index (χ0v) is 9.01. The minimum Gasteiger partial charge on any atom is -0.480 e. The summed E-state index contributed by atoms with van der Waals surface area (Å²) < 4.78 is 0. The Labute approximate surface area is 96.1 Å². The van der Waals surface area contributed by atoms with Crippen LogP contribution in [0.3, 0.4) is 0 Å². The average molecular weight is 240 g/mol. The molecule has 0 radical (unpaired) electrons. The number of aromatic amines is 1. The van der Waals surface area contributed by atoms with E-state index in [-0.39, 0.29) is 5.69 Å². The molecule has 2 unspecified atom stereocenters. The van der Waals surface area contributed by atoms with Crippen molar-refractivity contribution >= 4 is 11.9 Å². The van der Waals surface area contributed by atoms with Crippen LogP contribution in [0.15, 0.2) is 23.0 Å². The first-order valence-corrected chi connectivity index (χ1v) is 4.83. The summed E-state index contributed by atoms with van der Waals surface area (Å²) in [6.45, 7) is 1.24. The molecule has 7 heteroatoms. The Bertz CT molecular complexity index is 480. The molecule has 0 fully saturated rings. The highest BCUT2D eigenvalue weighted by Gasteiger charge is 2.25. The van der Waals surface area contributed by atoms with Crippen molar-refractivity contribution in [1.29, 1.82) is 0 Å². The number of carboxylic acid groups (broad SMARTS) is 1. The third-order valence-corrected chi connectivity index (χ3v) is 2.05. The molecule has 0 spiro atoms. The fourth-order valence-electron chi connectivity index (χ4n) is 1.19. The summed E-state index contributed by atoms with van der Waals surface area (Å²) in [5.41, 5.74) is -0.536. The lowest BCUT2D eigenvalue weighted by Gasteiger charge is -2.16. The molecule has 0 aliphatic carbocycles. The number of amides is 1. The second-order valence-corrected chi connectivity index (χ2v) is 3.46. The molecular formula is C10H12N2O5. The summed E-state index contributed by atoms with van der Waals surface area (Å²) >= 11 is 0. The number of hydrogen-bond donors (Lipinski definition) is 4. The number of aliphatic carboxylic acids is 1. The van der Waals surface area contributed by atoms with Gasteiger partial charge < -0.3 is 20.5 Å². The quantitative estimate of drug-likeness (QED) is 0.534. The maximum absolute atomic E-state index is 11.6. The maximum Gasteiger partial charge on any atom is 0.328 e. The smallest absolute Gasteiger partial charge is 0.328 e. The first kappa shape index (κ1) is 12.9.